The van der Waals surface area contributed by atoms with Gasteiger partial charge in [0.15, 0.2) is 0 Å². The molecule has 1 aromatic heterocycles. The lowest BCUT2D eigenvalue weighted by molar-refractivity contribution is -0.119. The monoisotopic (exact) mass is 283 g/mol. The van der Waals surface area contributed by atoms with Gasteiger partial charge in [-0.1, -0.05) is 44.2 Å². The molecule has 1 heterocycles. The van der Waals surface area contributed by atoms with Gasteiger partial charge in [0.1, 0.15) is 17.9 Å². The second-order valence-corrected chi connectivity index (χ2v) is 6.25. The lowest BCUT2D eigenvalue weighted by Crippen LogP contribution is -2.15. The van der Waals surface area contributed by atoms with Crippen LogP contribution in [-0.4, -0.2) is 20.5 Å². The van der Waals surface area contributed by atoms with Crippen molar-refractivity contribution >= 4 is 5.78 Å². The largest absolute Gasteiger partial charge is 0.299 e. The molecule has 2 unspecified atom stereocenters. The van der Waals surface area contributed by atoms with E-state index in [1.165, 1.54) is 5.56 Å². The van der Waals surface area contributed by atoms with Crippen LogP contribution < -0.4 is 0 Å². The molecule has 1 fully saturated rings. The number of rotatable bonds is 6. The van der Waals surface area contributed by atoms with Gasteiger partial charge < -0.3 is 0 Å². The summed E-state index contributed by atoms with van der Waals surface area (Å²) in [6.07, 6.45) is 2.93. The van der Waals surface area contributed by atoms with Crippen LogP contribution in [0.4, 0.5) is 0 Å². The lowest BCUT2D eigenvalue weighted by Gasteiger charge is -2.08. The zero-order valence-electron chi connectivity index (χ0n) is 12.6. The van der Waals surface area contributed by atoms with Gasteiger partial charge in [-0.25, -0.2) is 9.67 Å². The number of aromatic nitrogens is 3. The van der Waals surface area contributed by atoms with Crippen molar-refractivity contribution in [2.45, 2.75) is 39.2 Å². The zero-order valence-corrected chi connectivity index (χ0v) is 12.6. The van der Waals surface area contributed by atoms with Crippen LogP contribution in [0.5, 0.6) is 0 Å². The molecular formula is C17H21N3O. The highest BCUT2D eigenvalue weighted by Gasteiger charge is 2.43. The quantitative estimate of drug-likeness (QED) is 0.819. The normalized spacial score (nSPS) is 20.7. The molecule has 0 saturated heterocycles. The second-order valence-electron chi connectivity index (χ2n) is 6.25. The van der Waals surface area contributed by atoms with Gasteiger partial charge >= 0.3 is 0 Å². The maximum absolute atomic E-state index is 12.4. The minimum atomic E-state index is 0.164. The molecule has 2 aromatic rings. The topological polar surface area (TPSA) is 47.8 Å². The van der Waals surface area contributed by atoms with Gasteiger partial charge in [-0.05, 0) is 23.8 Å². The molecule has 1 aromatic carbocycles. The molecule has 4 heteroatoms. The van der Waals surface area contributed by atoms with Gasteiger partial charge in [0.25, 0.3) is 0 Å². The van der Waals surface area contributed by atoms with E-state index in [0.717, 1.165) is 18.8 Å². The van der Waals surface area contributed by atoms with Crippen molar-refractivity contribution in [3.63, 3.8) is 0 Å². The van der Waals surface area contributed by atoms with Crippen LogP contribution in [0, 0.1) is 11.8 Å². The maximum Gasteiger partial charge on any atom is 0.144 e. The molecule has 0 spiro atoms. The average molecular weight is 283 g/mol. The molecule has 3 rings (SSSR count). The molecule has 21 heavy (non-hydrogen) atoms. The number of benzene rings is 1. The Hall–Kier alpha value is -1.97. The van der Waals surface area contributed by atoms with E-state index in [0.29, 0.717) is 24.0 Å². The van der Waals surface area contributed by atoms with Crippen LogP contribution in [0.1, 0.15) is 37.6 Å². The van der Waals surface area contributed by atoms with Crippen molar-refractivity contribution in [1.82, 2.24) is 14.8 Å². The molecule has 1 aliphatic rings. The summed E-state index contributed by atoms with van der Waals surface area (Å²) in [7, 11) is 0. The highest BCUT2D eigenvalue weighted by molar-refractivity contribution is 5.86. The Morgan fingerprint density at radius 2 is 2.10 bits per heavy atom. The summed E-state index contributed by atoms with van der Waals surface area (Å²) in [4.78, 5) is 16.7. The second kappa shape index (κ2) is 5.80. The Bertz CT molecular complexity index is 618. The fraction of sp³-hybridized carbons (Fsp3) is 0.471. The first-order valence-electron chi connectivity index (χ1n) is 7.59. The van der Waals surface area contributed by atoms with Crippen molar-refractivity contribution in [3.8, 4) is 0 Å². The first kappa shape index (κ1) is 14.0. The molecule has 110 valence electrons. The minimum Gasteiger partial charge on any atom is -0.299 e. The lowest BCUT2D eigenvalue weighted by atomic mass is 10.1. The third-order valence-electron chi connectivity index (χ3n) is 4.00. The molecule has 1 saturated carbocycles. The van der Waals surface area contributed by atoms with Gasteiger partial charge in [0.05, 0.1) is 6.42 Å². The van der Waals surface area contributed by atoms with Gasteiger partial charge in [0.2, 0.25) is 0 Å². The van der Waals surface area contributed by atoms with E-state index in [4.69, 9.17) is 0 Å². The molecular weight excluding hydrogens is 262 g/mol. The maximum atomic E-state index is 12.4. The van der Waals surface area contributed by atoms with Gasteiger partial charge in [-0.2, -0.15) is 5.10 Å². The molecule has 0 N–H and O–H groups in total. The van der Waals surface area contributed by atoms with Crippen LogP contribution in [0.2, 0.25) is 0 Å². The fourth-order valence-corrected chi connectivity index (χ4v) is 2.83. The third kappa shape index (κ3) is 3.20. The predicted octanol–water partition coefficient (Wildman–Crippen LogP) is 2.85. The Morgan fingerprint density at radius 1 is 1.33 bits per heavy atom. The van der Waals surface area contributed by atoms with Crippen molar-refractivity contribution in [2.24, 2.45) is 11.8 Å². The molecule has 0 radical (unpaired) electrons. The number of hydrogen-bond donors (Lipinski definition) is 0. The van der Waals surface area contributed by atoms with Crippen LogP contribution in [0.15, 0.2) is 36.7 Å². The summed E-state index contributed by atoms with van der Waals surface area (Å²) >= 11 is 0. The zero-order chi connectivity index (χ0) is 14.8. The van der Waals surface area contributed by atoms with Crippen LogP contribution >= 0.6 is 0 Å². The Morgan fingerprint density at radius 3 is 2.81 bits per heavy atom. The first-order chi connectivity index (χ1) is 10.1. The van der Waals surface area contributed by atoms with E-state index in [2.05, 4.69) is 36.1 Å². The Labute approximate surface area is 125 Å². The molecule has 1 aliphatic carbocycles. The van der Waals surface area contributed by atoms with Crippen molar-refractivity contribution in [3.05, 3.63) is 48.0 Å². The Kier molecular flexibility index (Phi) is 3.86. The van der Waals surface area contributed by atoms with Crippen LogP contribution in [0.25, 0.3) is 0 Å². The van der Waals surface area contributed by atoms with Crippen molar-refractivity contribution in [2.75, 3.05) is 0 Å². The fourth-order valence-electron chi connectivity index (χ4n) is 2.83. The van der Waals surface area contributed by atoms with E-state index in [1.54, 1.807) is 6.33 Å². The summed E-state index contributed by atoms with van der Waals surface area (Å²) in [5.41, 5.74) is 1.28. The molecule has 0 aliphatic heterocycles. The number of Topliss-reactive ketones (excluding diaryl/α,β-unsaturated/α-hetero) is 1. The van der Waals surface area contributed by atoms with Crippen molar-refractivity contribution < 1.29 is 4.79 Å². The van der Waals surface area contributed by atoms with Gasteiger partial charge in [-0.3, -0.25) is 4.79 Å². The number of carbonyl (C=O) groups excluding carboxylic acids is 1. The minimum absolute atomic E-state index is 0.164. The Balaban J connectivity index is 1.62. The summed E-state index contributed by atoms with van der Waals surface area (Å²) in [6.45, 7) is 5.09. The van der Waals surface area contributed by atoms with Crippen LogP contribution in [0.3, 0.4) is 0 Å². The van der Waals surface area contributed by atoms with E-state index in [-0.39, 0.29) is 5.92 Å². The summed E-state index contributed by atoms with van der Waals surface area (Å²) in [6, 6.07) is 10.3. The van der Waals surface area contributed by atoms with Gasteiger partial charge in [0, 0.05) is 12.5 Å². The van der Waals surface area contributed by atoms with Crippen molar-refractivity contribution in [1.29, 1.82) is 0 Å². The molecule has 2 atom stereocenters. The number of carbonyl (C=O) groups is 1. The SMILES string of the molecule is CC(C)Cn1ncnc1CC(=O)C1CC1c1ccccc1. The number of hydrogen-bond acceptors (Lipinski definition) is 3. The van der Waals surface area contributed by atoms with Gasteiger partial charge in [-0.15, -0.1) is 0 Å². The first-order valence-corrected chi connectivity index (χ1v) is 7.59. The summed E-state index contributed by atoms with van der Waals surface area (Å²) in [5, 5.41) is 4.22. The van der Waals surface area contributed by atoms with E-state index in [1.807, 2.05) is 22.9 Å². The smallest absolute Gasteiger partial charge is 0.144 e. The highest BCUT2D eigenvalue weighted by atomic mass is 16.1. The highest BCUT2D eigenvalue weighted by Crippen LogP contribution is 2.48. The molecule has 0 bridgehead atoms. The van der Waals surface area contributed by atoms with Crippen LogP contribution in [-0.2, 0) is 17.8 Å². The average Bonchev–Trinajstić information content (AvgIpc) is 3.17. The standard InChI is InChI=1S/C17H21N3O/c1-12(2)10-20-17(18-11-19-20)9-16(21)15-8-14(15)13-6-4-3-5-7-13/h3-7,11-12,14-15H,8-10H2,1-2H3. The predicted molar refractivity (Wildman–Crippen MR) is 80.9 cm³/mol. The number of nitrogens with zero attached hydrogens (tertiary/aromatic N) is 3. The third-order valence-corrected chi connectivity index (χ3v) is 4.00. The molecule has 0 amide bonds. The summed E-state index contributed by atoms with van der Waals surface area (Å²) in [5.74, 6) is 2.16. The van der Waals surface area contributed by atoms with E-state index >= 15 is 0 Å². The summed E-state index contributed by atoms with van der Waals surface area (Å²) < 4.78 is 1.86. The van der Waals surface area contributed by atoms with E-state index < -0.39 is 0 Å². The molecule has 4 nitrogen and oxygen atoms in total. The van der Waals surface area contributed by atoms with E-state index in [9.17, 15) is 4.79 Å². The number of ketones is 1.